The molecule has 2 aromatic rings. The number of piperazine rings is 1. The van der Waals surface area contributed by atoms with Crippen LogP contribution in [0.25, 0.3) is 11.0 Å². The Bertz CT molecular complexity index is 712. The van der Waals surface area contributed by atoms with E-state index in [-0.39, 0.29) is 5.69 Å². The molecule has 21 heavy (non-hydrogen) atoms. The zero-order chi connectivity index (χ0) is 15.0. The van der Waals surface area contributed by atoms with Crippen LogP contribution in [0, 0.1) is 10.1 Å². The highest BCUT2D eigenvalue weighted by atomic mass is 16.6. The van der Waals surface area contributed by atoms with Gasteiger partial charge in [-0.2, -0.15) is 0 Å². The van der Waals surface area contributed by atoms with E-state index in [0.717, 1.165) is 0 Å². The molecule has 1 fully saturated rings. The van der Waals surface area contributed by atoms with Gasteiger partial charge in [0, 0.05) is 31.8 Å². The molecule has 0 radical (unpaired) electrons. The largest absolute Gasteiger partial charge is 0.368 e. The molecule has 1 unspecified atom stereocenters. The Balaban J connectivity index is 1.99. The number of carbonyl (C=O) groups is 1. The third kappa shape index (κ3) is 2.38. The van der Waals surface area contributed by atoms with Crippen LogP contribution in [-0.2, 0) is 4.79 Å². The van der Waals surface area contributed by atoms with E-state index in [1.54, 1.807) is 11.0 Å². The number of fused-ring (bicyclic) bond motifs is 1. The number of primary amides is 1. The van der Waals surface area contributed by atoms with Crippen molar-refractivity contribution in [2.45, 2.75) is 6.04 Å². The molecule has 0 saturated carbocycles. The predicted octanol–water partition coefficient (Wildman–Crippen LogP) is -0.265. The second-order valence-corrected chi connectivity index (χ2v) is 4.83. The normalized spacial score (nSPS) is 18.9. The molecule has 9 heteroatoms. The number of rotatable bonds is 3. The maximum Gasteiger partial charge on any atom is 0.271 e. The van der Waals surface area contributed by atoms with Gasteiger partial charge >= 0.3 is 0 Å². The Labute approximate surface area is 119 Å². The van der Waals surface area contributed by atoms with Crippen molar-refractivity contribution in [2.75, 3.05) is 24.5 Å². The summed E-state index contributed by atoms with van der Waals surface area (Å²) in [4.78, 5) is 31.0. The van der Waals surface area contributed by atoms with Crippen LogP contribution in [0.15, 0.2) is 18.2 Å². The molecule has 1 aliphatic rings. The van der Waals surface area contributed by atoms with Crippen molar-refractivity contribution in [1.29, 1.82) is 0 Å². The maximum atomic E-state index is 11.5. The number of nitro benzene ring substituents is 1. The Morgan fingerprint density at radius 3 is 3.05 bits per heavy atom. The minimum absolute atomic E-state index is 0.00976. The van der Waals surface area contributed by atoms with E-state index in [4.69, 9.17) is 5.73 Å². The van der Waals surface area contributed by atoms with Gasteiger partial charge in [-0.25, -0.2) is 4.98 Å². The number of imidazole rings is 1. The highest BCUT2D eigenvalue weighted by Gasteiger charge is 2.29. The van der Waals surface area contributed by atoms with Gasteiger partial charge in [-0.15, -0.1) is 0 Å². The lowest BCUT2D eigenvalue weighted by atomic mass is 10.2. The lowest BCUT2D eigenvalue weighted by molar-refractivity contribution is -0.384. The first-order valence-electron chi connectivity index (χ1n) is 6.47. The number of hydrogen-bond acceptors (Lipinski definition) is 6. The van der Waals surface area contributed by atoms with Gasteiger partial charge in [0.1, 0.15) is 6.04 Å². The van der Waals surface area contributed by atoms with E-state index < -0.39 is 16.9 Å². The third-order valence-electron chi connectivity index (χ3n) is 3.51. The van der Waals surface area contributed by atoms with Gasteiger partial charge in [0.15, 0.2) is 0 Å². The van der Waals surface area contributed by atoms with Gasteiger partial charge in [-0.1, -0.05) is 0 Å². The summed E-state index contributed by atoms with van der Waals surface area (Å²) in [7, 11) is 0. The highest BCUT2D eigenvalue weighted by Crippen LogP contribution is 2.23. The molecule has 1 aliphatic heterocycles. The number of aromatic nitrogens is 2. The summed E-state index contributed by atoms with van der Waals surface area (Å²) in [5.74, 6) is 0.0597. The number of nitrogens with one attached hydrogen (secondary N) is 2. The van der Waals surface area contributed by atoms with Crippen molar-refractivity contribution in [3.63, 3.8) is 0 Å². The molecule has 3 rings (SSSR count). The summed E-state index contributed by atoms with van der Waals surface area (Å²) in [6.45, 7) is 1.74. The zero-order valence-corrected chi connectivity index (χ0v) is 11.1. The first-order chi connectivity index (χ1) is 10.1. The van der Waals surface area contributed by atoms with Crippen LogP contribution < -0.4 is 16.0 Å². The fraction of sp³-hybridized carbons (Fsp3) is 0.333. The minimum Gasteiger partial charge on any atom is -0.368 e. The molecule has 1 aromatic heterocycles. The number of nitrogens with two attached hydrogens (primary N) is 1. The van der Waals surface area contributed by atoms with Crippen LogP contribution >= 0.6 is 0 Å². The van der Waals surface area contributed by atoms with Gasteiger partial charge in [-0.3, -0.25) is 14.9 Å². The van der Waals surface area contributed by atoms with Gasteiger partial charge in [0.2, 0.25) is 11.9 Å². The van der Waals surface area contributed by atoms with Crippen LogP contribution in [0.4, 0.5) is 11.6 Å². The van der Waals surface area contributed by atoms with Crippen LogP contribution in [0.2, 0.25) is 0 Å². The number of non-ortho nitro benzene ring substituents is 1. The van der Waals surface area contributed by atoms with Crippen LogP contribution in [0.1, 0.15) is 0 Å². The zero-order valence-electron chi connectivity index (χ0n) is 11.1. The molecule has 1 atom stereocenters. The molecule has 9 nitrogen and oxygen atoms in total. The Kier molecular flexibility index (Phi) is 3.18. The van der Waals surface area contributed by atoms with Gasteiger partial charge < -0.3 is 20.9 Å². The Morgan fingerprint density at radius 2 is 2.33 bits per heavy atom. The molecule has 1 saturated heterocycles. The van der Waals surface area contributed by atoms with E-state index in [2.05, 4.69) is 15.3 Å². The van der Waals surface area contributed by atoms with Gasteiger partial charge in [-0.05, 0) is 6.07 Å². The van der Waals surface area contributed by atoms with E-state index in [1.807, 2.05) is 0 Å². The lowest BCUT2D eigenvalue weighted by Gasteiger charge is -2.33. The van der Waals surface area contributed by atoms with Crippen molar-refractivity contribution in [1.82, 2.24) is 15.3 Å². The number of aromatic amines is 1. The topological polar surface area (TPSA) is 130 Å². The predicted molar refractivity (Wildman–Crippen MR) is 75.9 cm³/mol. The number of nitrogens with zero attached hydrogens (tertiary/aromatic N) is 3. The number of nitro groups is 1. The molecule has 1 aromatic carbocycles. The molecule has 2 heterocycles. The number of hydrogen-bond donors (Lipinski definition) is 3. The SMILES string of the molecule is NC(=O)C1CNCCN1c1nc2ccc([N+](=O)[O-])cc2[nH]1. The van der Waals surface area contributed by atoms with Crippen molar-refractivity contribution < 1.29 is 9.72 Å². The fourth-order valence-electron chi connectivity index (χ4n) is 2.45. The van der Waals surface area contributed by atoms with Gasteiger partial charge in [0.25, 0.3) is 5.69 Å². The first kappa shape index (κ1) is 13.3. The molecular formula is C12H14N6O3. The second-order valence-electron chi connectivity index (χ2n) is 4.83. The lowest BCUT2D eigenvalue weighted by Crippen LogP contribution is -2.57. The molecule has 4 N–H and O–H groups in total. The van der Waals surface area contributed by atoms with E-state index in [0.29, 0.717) is 36.6 Å². The van der Waals surface area contributed by atoms with Crippen molar-refractivity contribution in [3.8, 4) is 0 Å². The first-order valence-corrected chi connectivity index (χ1v) is 6.47. The van der Waals surface area contributed by atoms with Crippen molar-refractivity contribution >= 4 is 28.6 Å². The smallest absolute Gasteiger partial charge is 0.271 e. The molecule has 0 bridgehead atoms. The summed E-state index contributed by atoms with van der Waals surface area (Å²) in [6, 6.07) is 3.91. The average molecular weight is 290 g/mol. The van der Waals surface area contributed by atoms with Crippen LogP contribution in [0.5, 0.6) is 0 Å². The molecule has 0 spiro atoms. The van der Waals surface area contributed by atoms with Gasteiger partial charge in [0.05, 0.1) is 16.0 Å². The fourth-order valence-corrected chi connectivity index (χ4v) is 2.45. The number of anilines is 1. The summed E-state index contributed by atoms with van der Waals surface area (Å²) in [5.41, 5.74) is 6.56. The van der Waals surface area contributed by atoms with E-state index in [1.165, 1.54) is 12.1 Å². The number of amides is 1. The highest BCUT2D eigenvalue weighted by molar-refractivity contribution is 5.85. The summed E-state index contributed by atoms with van der Waals surface area (Å²) in [6.07, 6.45) is 0. The standard InChI is InChI=1S/C12H14N6O3/c13-11(19)10-6-14-3-4-17(10)12-15-8-2-1-7(18(20)21)5-9(8)16-12/h1-2,5,10,14H,3-4,6H2,(H2,13,19)(H,15,16). The summed E-state index contributed by atoms with van der Waals surface area (Å²) < 4.78 is 0. The van der Waals surface area contributed by atoms with E-state index in [9.17, 15) is 14.9 Å². The Morgan fingerprint density at radius 1 is 1.52 bits per heavy atom. The number of benzene rings is 1. The van der Waals surface area contributed by atoms with Crippen LogP contribution in [-0.4, -0.2) is 46.5 Å². The number of carbonyl (C=O) groups excluding carboxylic acids is 1. The molecule has 1 amide bonds. The molecular weight excluding hydrogens is 276 g/mol. The monoisotopic (exact) mass is 290 g/mol. The molecule has 0 aliphatic carbocycles. The minimum atomic E-state index is -0.491. The number of H-pyrrole nitrogens is 1. The summed E-state index contributed by atoms with van der Waals surface area (Å²) >= 11 is 0. The maximum absolute atomic E-state index is 11.5. The van der Waals surface area contributed by atoms with Crippen LogP contribution in [0.3, 0.4) is 0 Å². The quantitative estimate of drug-likeness (QED) is 0.527. The van der Waals surface area contributed by atoms with Crippen molar-refractivity contribution in [2.24, 2.45) is 5.73 Å². The van der Waals surface area contributed by atoms with Crippen molar-refractivity contribution in [3.05, 3.63) is 28.3 Å². The van der Waals surface area contributed by atoms with E-state index >= 15 is 0 Å². The summed E-state index contributed by atoms with van der Waals surface area (Å²) in [5, 5.41) is 13.9. The average Bonchev–Trinajstić information content (AvgIpc) is 2.89. The third-order valence-corrected chi connectivity index (χ3v) is 3.51. The Hall–Kier alpha value is -2.68. The molecule has 110 valence electrons. The second kappa shape index (κ2) is 5.02.